The maximum absolute atomic E-state index is 12.0. The smallest absolute Gasteiger partial charge is 0.318 e. The van der Waals surface area contributed by atoms with Crippen LogP contribution in [0.3, 0.4) is 0 Å². The van der Waals surface area contributed by atoms with Gasteiger partial charge in [0.2, 0.25) is 5.89 Å². The lowest BCUT2D eigenvalue weighted by molar-refractivity contribution is -0.146. The highest BCUT2D eigenvalue weighted by Crippen LogP contribution is 2.25. The molecule has 0 aliphatic heterocycles. The molecule has 0 aliphatic rings. The number of esters is 1. The SMILES string of the molecule is CCOC(=O)C(c1nc(Cc2ccccc2)no1)C(C)C. The Balaban J connectivity index is 2.15. The van der Waals surface area contributed by atoms with Crippen LogP contribution in [0, 0.1) is 5.92 Å². The van der Waals surface area contributed by atoms with Crippen LogP contribution in [0.25, 0.3) is 0 Å². The average molecular weight is 288 g/mol. The zero-order valence-corrected chi connectivity index (χ0v) is 12.6. The summed E-state index contributed by atoms with van der Waals surface area (Å²) >= 11 is 0. The third kappa shape index (κ3) is 3.90. The fraction of sp³-hybridized carbons (Fsp3) is 0.438. The first-order valence-corrected chi connectivity index (χ1v) is 7.14. The molecule has 0 amide bonds. The van der Waals surface area contributed by atoms with Gasteiger partial charge in [0.1, 0.15) is 5.92 Å². The molecule has 21 heavy (non-hydrogen) atoms. The summed E-state index contributed by atoms with van der Waals surface area (Å²) in [6.45, 7) is 5.99. The number of benzene rings is 1. The van der Waals surface area contributed by atoms with Crippen molar-refractivity contribution in [3.8, 4) is 0 Å². The maximum atomic E-state index is 12.0. The molecule has 2 rings (SSSR count). The number of nitrogens with zero attached hydrogens (tertiary/aromatic N) is 2. The molecule has 0 bridgehead atoms. The van der Waals surface area contributed by atoms with Gasteiger partial charge in [0.15, 0.2) is 5.82 Å². The maximum Gasteiger partial charge on any atom is 0.318 e. The summed E-state index contributed by atoms with van der Waals surface area (Å²) in [5, 5.41) is 3.96. The number of rotatable bonds is 6. The molecular weight excluding hydrogens is 268 g/mol. The van der Waals surface area contributed by atoms with Gasteiger partial charge in [-0.15, -0.1) is 0 Å². The molecule has 0 spiro atoms. The van der Waals surface area contributed by atoms with Gasteiger partial charge in [0, 0.05) is 6.42 Å². The van der Waals surface area contributed by atoms with Gasteiger partial charge in [-0.25, -0.2) is 0 Å². The Kier molecular flexibility index (Phi) is 5.09. The van der Waals surface area contributed by atoms with Gasteiger partial charge in [-0.3, -0.25) is 4.79 Å². The molecule has 112 valence electrons. The molecule has 1 unspecified atom stereocenters. The number of hydrogen-bond donors (Lipinski definition) is 0. The van der Waals surface area contributed by atoms with E-state index >= 15 is 0 Å². The van der Waals surface area contributed by atoms with Crippen molar-refractivity contribution in [2.24, 2.45) is 5.92 Å². The molecule has 0 saturated carbocycles. The second-order valence-corrected chi connectivity index (χ2v) is 5.18. The largest absolute Gasteiger partial charge is 0.465 e. The van der Waals surface area contributed by atoms with Crippen molar-refractivity contribution in [1.29, 1.82) is 0 Å². The van der Waals surface area contributed by atoms with E-state index in [4.69, 9.17) is 9.26 Å². The first-order chi connectivity index (χ1) is 10.1. The highest BCUT2D eigenvalue weighted by Gasteiger charge is 2.31. The molecule has 5 heteroatoms. The Hall–Kier alpha value is -2.17. The summed E-state index contributed by atoms with van der Waals surface area (Å²) in [6.07, 6.45) is 0.581. The summed E-state index contributed by atoms with van der Waals surface area (Å²) in [5.41, 5.74) is 1.10. The Morgan fingerprint density at radius 3 is 2.62 bits per heavy atom. The van der Waals surface area contributed by atoms with Crippen LogP contribution in [0.15, 0.2) is 34.9 Å². The summed E-state index contributed by atoms with van der Waals surface area (Å²) in [5.74, 6) is 0.110. The van der Waals surface area contributed by atoms with Crippen molar-refractivity contribution in [2.75, 3.05) is 6.61 Å². The number of ether oxygens (including phenoxy) is 1. The average Bonchev–Trinajstić information content (AvgIpc) is 2.88. The van der Waals surface area contributed by atoms with Gasteiger partial charge in [-0.05, 0) is 18.4 Å². The van der Waals surface area contributed by atoms with Gasteiger partial charge < -0.3 is 9.26 Å². The fourth-order valence-corrected chi connectivity index (χ4v) is 2.13. The van der Waals surface area contributed by atoms with E-state index in [2.05, 4.69) is 10.1 Å². The molecule has 0 N–H and O–H groups in total. The van der Waals surface area contributed by atoms with E-state index in [-0.39, 0.29) is 11.9 Å². The molecule has 1 aromatic carbocycles. The summed E-state index contributed by atoms with van der Waals surface area (Å²) < 4.78 is 10.3. The van der Waals surface area contributed by atoms with Crippen LogP contribution < -0.4 is 0 Å². The van der Waals surface area contributed by atoms with Crippen molar-refractivity contribution in [3.63, 3.8) is 0 Å². The Labute approximate surface area is 124 Å². The Bertz CT molecular complexity index is 578. The molecule has 0 fully saturated rings. The highest BCUT2D eigenvalue weighted by molar-refractivity contribution is 5.77. The van der Waals surface area contributed by atoms with Gasteiger partial charge in [0.25, 0.3) is 0 Å². The zero-order chi connectivity index (χ0) is 15.2. The monoisotopic (exact) mass is 288 g/mol. The number of hydrogen-bond acceptors (Lipinski definition) is 5. The molecule has 0 saturated heterocycles. The van der Waals surface area contributed by atoms with Crippen molar-refractivity contribution in [2.45, 2.75) is 33.1 Å². The van der Waals surface area contributed by atoms with Crippen LogP contribution in [0.5, 0.6) is 0 Å². The minimum atomic E-state index is -0.512. The van der Waals surface area contributed by atoms with Crippen LogP contribution in [0.2, 0.25) is 0 Å². The first kappa shape index (κ1) is 15.2. The molecular formula is C16H20N2O3. The second kappa shape index (κ2) is 7.02. The first-order valence-electron chi connectivity index (χ1n) is 7.14. The van der Waals surface area contributed by atoms with Crippen LogP contribution in [-0.4, -0.2) is 22.7 Å². The fourth-order valence-electron chi connectivity index (χ4n) is 2.13. The van der Waals surface area contributed by atoms with Gasteiger partial charge in [0.05, 0.1) is 6.61 Å². The third-order valence-corrected chi connectivity index (χ3v) is 3.16. The van der Waals surface area contributed by atoms with E-state index in [1.807, 2.05) is 44.2 Å². The molecule has 2 aromatic rings. The van der Waals surface area contributed by atoms with Crippen LogP contribution in [-0.2, 0) is 16.0 Å². The molecule has 0 radical (unpaired) electrons. The minimum absolute atomic E-state index is 0.0362. The Morgan fingerprint density at radius 1 is 1.29 bits per heavy atom. The minimum Gasteiger partial charge on any atom is -0.465 e. The number of aromatic nitrogens is 2. The van der Waals surface area contributed by atoms with E-state index in [0.29, 0.717) is 24.7 Å². The van der Waals surface area contributed by atoms with E-state index in [1.165, 1.54) is 0 Å². The van der Waals surface area contributed by atoms with Crippen LogP contribution >= 0.6 is 0 Å². The topological polar surface area (TPSA) is 65.2 Å². The quantitative estimate of drug-likeness (QED) is 0.765. The molecule has 1 atom stereocenters. The molecule has 5 nitrogen and oxygen atoms in total. The normalized spacial score (nSPS) is 12.4. The predicted molar refractivity (Wildman–Crippen MR) is 77.8 cm³/mol. The number of carbonyl (C=O) groups is 1. The van der Waals surface area contributed by atoms with Crippen molar-refractivity contribution < 1.29 is 14.1 Å². The van der Waals surface area contributed by atoms with Crippen molar-refractivity contribution in [3.05, 3.63) is 47.6 Å². The van der Waals surface area contributed by atoms with E-state index in [9.17, 15) is 4.79 Å². The van der Waals surface area contributed by atoms with Crippen LogP contribution in [0.1, 0.15) is 44.0 Å². The van der Waals surface area contributed by atoms with Gasteiger partial charge >= 0.3 is 5.97 Å². The van der Waals surface area contributed by atoms with Gasteiger partial charge in [-0.1, -0.05) is 49.3 Å². The summed E-state index contributed by atoms with van der Waals surface area (Å²) in [7, 11) is 0. The third-order valence-electron chi connectivity index (χ3n) is 3.16. The summed E-state index contributed by atoms with van der Waals surface area (Å²) in [4.78, 5) is 16.4. The number of carbonyl (C=O) groups excluding carboxylic acids is 1. The lowest BCUT2D eigenvalue weighted by Crippen LogP contribution is -2.21. The van der Waals surface area contributed by atoms with E-state index < -0.39 is 5.92 Å². The molecule has 1 aromatic heterocycles. The lowest BCUT2D eigenvalue weighted by atomic mass is 9.96. The lowest BCUT2D eigenvalue weighted by Gasteiger charge is -2.14. The zero-order valence-electron chi connectivity index (χ0n) is 12.6. The van der Waals surface area contributed by atoms with Crippen LogP contribution in [0.4, 0.5) is 0 Å². The van der Waals surface area contributed by atoms with Crippen molar-refractivity contribution >= 4 is 5.97 Å². The molecule has 1 heterocycles. The van der Waals surface area contributed by atoms with E-state index in [0.717, 1.165) is 5.56 Å². The standard InChI is InChI=1S/C16H20N2O3/c1-4-20-16(19)14(11(2)3)15-17-13(18-21-15)10-12-8-6-5-7-9-12/h5-9,11,14H,4,10H2,1-3H3. The molecule has 0 aliphatic carbocycles. The second-order valence-electron chi connectivity index (χ2n) is 5.18. The highest BCUT2D eigenvalue weighted by atomic mass is 16.5. The van der Waals surface area contributed by atoms with E-state index in [1.54, 1.807) is 6.92 Å². The predicted octanol–water partition coefficient (Wildman–Crippen LogP) is 2.96. The summed E-state index contributed by atoms with van der Waals surface area (Å²) in [6, 6.07) is 9.89. The van der Waals surface area contributed by atoms with Gasteiger partial charge in [-0.2, -0.15) is 4.98 Å². The van der Waals surface area contributed by atoms with Crippen molar-refractivity contribution in [1.82, 2.24) is 10.1 Å². The Morgan fingerprint density at radius 2 is 2.00 bits per heavy atom.